The summed E-state index contributed by atoms with van der Waals surface area (Å²) in [5, 5.41) is 0. The standard InChI is InChI=1S/C33H36O5/c1-2-28-19-12-20-29-32(37-28)33(36-23-27-17-10-5-11-18-27)31(35-22-26-15-8-4-9-16-26)30(38-29)24-34-21-25-13-6-3-7-14-25/h2-19,28-33H,1,20-24H2/t28-,29-,30+,31+,32-,33-/m0/s1. The van der Waals surface area contributed by atoms with Crippen molar-refractivity contribution in [2.24, 2.45) is 0 Å². The molecular formula is C33H36O5. The van der Waals surface area contributed by atoms with E-state index in [9.17, 15) is 0 Å². The quantitative estimate of drug-likeness (QED) is 0.293. The molecule has 5 nitrogen and oxygen atoms in total. The molecule has 0 aromatic heterocycles. The van der Waals surface area contributed by atoms with Gasteiger partial charge in [0.05, 0.1) is 38.6 Å². The number of hydrogen-bond acceptors (Lipinski definition) is 5. The van der Waals surface area contributed by atoms with Crippen LogP contribution in [-0.4, -0.2) is 43.2 Å². The van der Waals surface area contributed by atoms with Crippen molar-refractivity contribution >= 4 is 0 Å². The third kappa shape index (κ3) is 7.07. The minimum Gasteiger partial charge on any atom is -0.374 e. The maximum absolute atomic E-state index is 6.64. The monoisotopic (exact) mass is 512 g/mol. The number of hydrogen-bond donors (Lipinski definition) is 0. The second-order valence-corrected chi connectivity index (χ2v) is 9.70. The molecule has 0 saturated carbocycles. The number of fused-ring (bicyclic) bond motifs is 1. The van der Waals surface area contributed by atoms with Crippen LogP contribution >= 0.6 is 0 Å². The van der Waals surface area contributed by atoms with Gasteiger partial charge in [-0.1, -0.05) is 109 Å². The molecule has 3 aromatic carbocycles. The Balaban J connectivity index is 1.38. The Morgan fingerprint density at radius 3 is 1.84 bits per heavy atom. The molecule has 3 aromatic rings. The molecule has 5 rings (SSSR count). The van der Waals surface area contributed by atoms with Gasteiger partial charge in [-0.25, -0.2) is 0 Å². The first-order chi connectivity index (χ1) is 18.8. The molecule has 0 N–H and O–H groups in total. The van der Waals surface area contributed by atoms with Gasteiger partial charge in [-0.15, -0.1) is 6.58 Å². The maximum Gasteiger partial charge on any atom is 0.115 e. The van der Waals surface area contributed by atoms with E-state index in [-0.39, 0.29) is 36.6 Å². The summed E-state index contributed by atoms with van der Waals surface area (Å²) in [4.78, 5) is 0. The molecule has 0 radical (unpaired) electrons. The molecule has 0 unspecified atom stereocenters. The SMILES string of the molecule is C=C[C@H]1C=CC[C@@H]2O[C@H](COCc3ccccc3)[C@@H](OCc3ccccc3)[C@H](OCc3ccccc3)[C@H]2O1. The van der Waals surface area contributed by atoms with Crippen LogP contribution in [0.3, 0.4) is 0 Å². The molecule has 0 amide bonds. The summed E-state index contributed by atoms with van der Waals surface area (Å²) in [6, 6.07) is 30.5. The average Bonchev–Trinajstić information content (AvgIpc) is 3.19. The van der Waals surface area contributed by atoms with E-state index < -0.39 is 0 Å². The fraction of sp³-hybridized carbons (Fsp3) is 0.333. The van der Waals surface area contributed by atoms with E-state index in [4.69, 9.17) is 23.7 Å². The van der Waals surface area contributed by atoms with Gasteiger partial charge in [0.25, 0.3) is 0 Å². The summed E-state index contributed by atoms with van der Waals surface area (Å²) in [7, 11) is 0. The van der Waals surface area contributed by atoms with E-state index in [1.54, 1.807) is 0 Å². The van der Waals surface area contributed by atoms with Crippen LogP contribution in [0, 0.1) is 0 Å². The van der Waals surface area contributed by atoms with Crippen LogP contribution in [0.25, 0.3) is 0 Å². The summed E-state index contributed by atoms with van der Waals surface area (Å²) < 4.78 is 32.5. The van der Waals surface area contributed by atoms with E-state index in [0.717, 1.165) is 23.1 Å². The smallest absolute Gasteiger partial charge is 0.115 e. The van der Waals surface area contributed by atoms with Crippen molar-refractivity contribution in [3.8, 4) is 0 Å². The lowest BCUT2D eigenvalue weighted by molar-refractivity contribution is -0.270. The van der Waals surface area contributed by atoms with E-state index >= 15 is 0 Å². The zero-order valence-corrected chi connectivity index (χ0v) is 21.6. The van der Waals surface area contributed by atoms with Gasteiger partial charge in [-0.2, -0.15) is 0 Å². The molecule has 1 fully saturated rings. The van der Waals surface area contributed by atoms with Gasteiger partial charge in [0.15, 0.2) is 0 Å². The molecule has 2 aliphatic heterocycles. The highest BCUT2D eigenvalue weighted by molar-refractivity contribution is 5.16. The Morgan fingerprint density at radius 1 is 0.711 bits per heavy atom. The zero-order chi connectivity index (χ0) is 26.0. The largest absolute Gasteiger partial charge is 0.374 e. The van der Waals surface area contributed by atoms with Crippen molar-refractivity contribution in [1.82, 2.24) is 0 Å². The minimum absolute atomic E-state index is 0.182. The summed E-state index contributed by atoms with van der Waals surface area (Å²) in [6.07, 6.45) is 4.90. The second kappa shape index (κ2) is 13.7. The third-order valence-corrected chi connectivity index (χ3v) is 6.93. The molecule has 198 valence electrons. The first kappa shape index (κ1) is 26.5. The van der Waals surface area contributed by atoms with Crippen LogP contribution in [0.15, 0.2) is 116 Å². The van der Waals surface area contributed by atoms with Gasteiger partial charge in [0.2, 0.25) is 0 Å². The number of rotatable bonds is 11. The van der Waals surface area contributed by atoms with Gasteiger partial charge in [-0.3, -0.25) is 0 Å². The van der Waals surface area contributed by atoms with Crippen LogP contribution in [0.5, 0.6) is 0 Å². The second-order valence-electron chi connectivity index (χ2n) is 9.70. The Bertz CT molecular complexity index is 1130. The Kier molecular flexibility index (Phi) is 9.54. The molecule has 5 heteroatoms. The van der Waals surface area contributed by atoms with Crippen LogP contribution in [0.2, 0.25) is 0 Å². The lowest BCUT2D eigenvalue weighted by Gasteiger charge is -2.46. The maximum atomic E-state index is 6.64. The molecule has 0 aliphatic carbocycles. The first-order valence-corrected chi connectivity index (χ1v) is 13.3. The number of benzene rings is 3. The van der Waals surface area contributed by atoms with Crippen LogP contribution < -0.4 is 0 Å². The highest BCUT2D eigenvalue weighted by Crippen LogP contribution is 2.34. The predicted molar refractivity (Wildman–Crippen MR) is 147 cm³/mol. The van der Waals surface area contributed by atoms with Crippen molar-refractivity contribution in [2.45, 2.75) is 62.9 Å². The molecule has 6 atom stereocenters. The van der Waals surface area contributed by atoms with Gasteiger partial charge < -0.3 is 23.7 Å². The molecule has 2 aliphatic rings. The molecular weight excluding hydrogens is 476 g/mol. The van der Waals surface area contributed by atoms with Crippen molar-refractivity contribution in [2.75, 3.05) is 6.61 Å². The zero-order valence-electron chi connectivity index (χ0n) is 21.6. The van der Waals surface area contributed by atoms with Crippen molar-refractivity contribution < 1.29 is 23.7 Å². The molecule has 1 saturated heterocycles. The average molecular weight is 513 g/mol. The predicted octanol–water partition coefficient (Wildman–Crippen LogP) is 6.04. The highest BCUT2D eigenvalue weighted by Gasteiger charge is 2.49. The lowest BCUT2D eigenvalue weighted by Crippen LogP contribution is -2.61. The normalized spacial score (nSPS) is 26.8. The minimum atomic E-state index is -0.389. The third-order valence-electron chi connectivity index (χ3n) is 6.93. The van der Waals surface area contributed by atoms with E-state index in [0.29, 0.717) is 26.4 Å². The molecule has 0 spiro atoms. The summed E-state index contributed by atoms with van der Waals surface area (Å²) in [5.74, 6) is 0. The van der Waals surface area contributed by atoms with Crippen LogP contribution in [-0.2, 0) is 43.5 Å². The van der Waals surface area contributed by atoms with Crippen molar-refractivity contribution in [1.29, 1.82) is 0 Å². The van der Waals surface area contributed by atoms with Gasteiger partial charge in [-0.05, 0) is 23.1 Å². The van der Waals surface area contributed by atoms with Gasteiger partial charge in [0.1, 0.15) is 24.4 Å². The van der Waals surface area contributed by atoms with E-state index in [2.05, 4.69) is 49.1 Å². The van der Waals surface area contributed by atoms with Crippen LogP contribution in [0.4, 0.5) is 0 Å². The fourth-order valence-electron chi connectivity index (χ4n) is 4.98. The van der Waals surface area contributed by atoms with Gasteiger partial charge in [0, 0.05) is 0 Å². The van der Waals surface area contributed by atoms with Gasteiger partial charge >= 0.3 is 0 Å². The Labute approximate surface area is 225 Å². The molecule has 2 heterocycles. The van der Waals surface area contributed by atoms with E-state index in [1.807, 2.05) is 66.7 Å². The lowest BCUT2D eigenvalue weighted by atomic mass is 9.92. The summed E-state index contributed by atoms with van der Waals surface area (Å²) in [5.41, 5.74) is 3.31. The topological polar surface area (TPSA) is 46.2 Å². The highest BCUT2D eigenvalue weighted by atomic mass is 16.6. The summed E-state index contributed by atoms with van der Waals surface area (Å²) >= 11 is 0. The van der Waals surface area contributed by atoms with Crippen molar-refractivity contribution in [3.05, 3.63) is 132 Å². The Hall–Kier alpha value is -3.06. The van der Waals surface area contributed by atoms with E-state index in [1.165, 1.54) is 0 Å². The molecule has 0 bridgehead atoms. The fourth-order valence-corrected chi connectivity index (χ4v) is 4.98. The van der Waals surface area contributed by atoms with Crippen LogP contribution in [0.1, 0.15) is 23.1 Å². The summed E-state index contributed by atoms with van der Waals surface area (Å²) in [6.45, 7) is 5.74. The van der Waals surface area contributed by atoms with Crippen molar-refractivity contribution in [3.63, 3.8) is 0 Å². The molecule has 38 heavy (non-hydrogen) atoms. The first-order valence-electron chi connectivity index (χ1n) is 13.3. The number of ether oxygens (including phenoxy) is 5. The Morgan fingerprint density at radius 2 is 1.26 bits per heavy atom.